The van der Waals surface area contributed by atoms with Gasteiger partial charge in [0.15, 0.2) is 0 Å². The summed E-state index contributed by atoms with van der Waals surface area (Å²) in [5, 5.41) is -0.335. The highest BCUT2D eigenvalue weighted by Gasteiger charge is 2.36. The lowest BCUT2D eigenvalue weighted by Gasteiger charge is -2.35. The van der Waals surface area contributed by atoms with Crippen LogP contribution in [0.3, 0.4) is 0 Å². The van der Waals surface area contributed by atoms with Crippen molar-refractivity contribution in [3.8, 4) is 0 Å². The number of hydrogen-bond donors (Lipinski definition) is 1. The standard InChI is InChI=1S/C12H24N2O3S.ClH/c1-10(13)11-4-6-14(7-5-11)18(15,16)12-3-2-8-17-9-12;/h10-12H,2-9,13H2,1H3;1H. The third kappa shape index (κ3) is 4.04. The van der Waals surface area contributed by atoms with Crippen LogP contribution in [0, 0.1) is 5.92 Å². The number of halogens is 1. The Hall–Kier alpha value is 0.120. The van der Waals surface area contributed by atoms with Gasteiger partial charge in [0.1, 0.15) is 0 Å². The summed E-state index contributed by atoms with van der Waals surface area (Å²) in [5.74, 6) is 0.457. The normalized spacial score (nSPS) is 28.6. The van der Waals surface area contributed by atoms with Crippen LogP contribution < -0.4 is 5.73 Å². The van der Waals surface area contributed by atoms with E-state index in [4.69, 9.17) is 10.5 Å². The van der Waals surface area contributed by atoms with Gasteiger partial charge < -0.3 is 10.5 Å². The molecule has 0 amide bonds. The van der Waals surface area contributed by atoms with Gasteiger partial charge in [-0.1, -0.05) is 0 Å². The maximum atomic E-state index is 12.4. The van der Waals surface area contributed by atoms with Gasteiger partial charge in [0.2, 0.25) is 10.0 Å². The molecule has 0 saturated carbocycles. The van der Waals surface area contributed by atoms with Crippen molar-refractivity contribution >= 4 is 22.4 Å². The number of piperidine rings is 1. The molecule has 19 heavy (non-hydrogen) atoms. The maximum Gasteiger partial charge on any atom is 0.219 e. The van der Waals surface area contributed by atoms with Gasteiger partial charge in [0.25, 0.3) is 0 Å². The Morgan fingerprint density at radius 1 is 1.26 bits per heavy atom. The summed E-state index contributed by atoms with van der Waals surface area (Å²) < 4.78 is 31.8. The molecule has 2 heterocycles. The zero-order valence-electron chi connectivity index (χ0n) is 11.5. The molecule has 5 nitrogen and oxygen atoms in total. The second-order valence-corrected chi connectivity index (χ2v) is 7.69. The highest BCUT2D eigenvalue weighted by molar-refractivity contribution is 7.89. The molecule has 2 saturated heterocycles. The zero-order valence-corrected chi connectivity index (χ0v) is 13.1. The topological polar surface area (TPSA) is 72.6 Å². The van der Waals surface area contributed by atoms with Crippen molar-refractivity contribution in [2.45, 2.75) is 43.9 Å². The molecule has 0 radical (unpaired) electrons. The average molecular weight is 313 g/mol. The maximum absolute atomic E-state index is 12.4. The second kappa shape index (κ2) is 7.22. The van der Waals surface area contributed by atoms with E-state index in [2.05, 4.69) is 0 Å². The summed E-state index contributed by atoms with van der Waals surface area (Å²) in [4.78, 5) is 0. The van der Waals surface area contributed by atoms with Crippen molar-refractivity contribution in [2.75, 3.05) is 26.3 Å². The number of sulfonamides is 1. The average Bonchev–Trinajstić information content (AvgIpc) is 2.40. The molecule has 2 aliphatic heterocycles. The fraction of sp³-hybridized carbons (Fsp3) is 1.00. The summed E-state index contributed by atoms with van der Waals surface area (Å²) in [7, 11) is -3.17. The summed E-state index contributed by atoms with van der Waals surface area (Å²) in [5.41, 5.74) is 5.88. The Kier molecular flexibility index (Phi) is 6.53. The molecule has 2 unspecified atom stereocenters. The Morgan fingerprint density at radius 3 is 2.37 bits per heavy atom. The predicted octanol–water partition coefficient (Wildman–Crippen LogP) is 0.976. The fourth-order valence-corrected chi connectivity index (χ4v) is 4.69. The van der Waals surface area contributed by atoms with Crippen molar-refractivity contribution in [2.24, 2.45) is 11.7 Å². The first kappa shape index (κ1) is 17.2. The van der Waals surface area contributed by atoms with Crippen LogP contribution in [0.4, 0.5) is 0 Å². The van der Waals surface area contributed by atoms with Crippen molar-refractivity contribution in [1.29, 1.82) is 0 Å². The second-order valence-electron chi connectivity index (χ2n) is 5.48. The molecule has 0 aromatic carbocycles. The van der Waals surface area contributed by atoms with Gasteiger partial charge in [-0.05, 0) is 38.5 Å². The summed E-state index contributed by atoms with van der Waals surface area (Å²) >= 11 is 0. The molecule has 0 aliphatic carbocycles. The molecule has 2 rings (SSSR count). The van der Waals surface area contributed by atoms with E-state index in [0.29, 0.717) is 32.2 Å². The van der Waals surface area contributed by atoms with E-state index in [-0.39, 0.29) is 23.7 Å². The lowest BCUT2D eigenvalue weighted by atomic mass is 9.92. The van der Waals surface area contributed by atoms with Crippen LogP contribution in [0.2, 0.25) is 0 Å². The number of ether oxygens (including phenoxy) is 1. The van der Waals surface area contributed by atoms with Crippen molar-refractivity contribution in [3.63, 3.8) is 0 Å². The Labute approximate surface area is 122 Å². The van der Waals surface area contributed by atoms with Gasteiger partial charge in [-0.15, -0.1) is 12.4 Å². The smallest absolute Gasteiger partial charge is 0.219 e. The number of nitrogens with zero attached hydrogens (tertiary/aromatic N) is 1. The van der Waals surface area contributed by atoms with Crippen molar-refractivity contribution in [3.05, 3.63) is 0 Å². The number of rotatable bonds is 3. The van der Waals surface area contributed by atoms with Crippen LogP contribution in [-0.4, -0.2) is 50.3 Å². The largest absolute Gasteiger partial charge is 0.380 e. The van der Waals surface area contributed by atoms with E-state index >= 15 is 0 Å². The van der Waals surface area contributed by atoms with Crippen LogP contribution in [0.25, 0.3) is 0 Å². The minimum atomic E-state index is -3.17. The zero-order chi connectivity index (χ0) is 13.2. The molecule has 0 aromatic heterocycles. The van der Waals surface area contributed by atoms with E-state index in [1.165, 1.54) is 0 Å². The van der Waals surface area contributed by atoms with Gasteiger partial charge in [-0.25, -0.2) is 12.7 Å². The van der Waals surface area contributed by atoms with Gasteiger partial charge >= 0.3 is 0 Å². The Balaban J connectivity index is 0.00000180. The highest BCUT2D eigenvalue weighted by atomic mass is 35.5. The fourth-order valence-electron chi connectivity index (χ4n) is 2.81. The predicted molar refractivity (Wildman–Crippen MR) is 78.0 cm³/mol. The van der Waals surface area contributed by atoms with E-state index < -0.39 is 10.0 Å². The molecule has 0 bridgehead atoms. The first-order valence-corrected chi connectivity index (χ1v) is 8.34. The van der Waals surface area contributed by atoms with Crippen molar-refractivity contribution in [1.82, 2.24) is 4.31 Å². The summed E-state index contributed by atoms with van der Waals surface area (Å²) in [6.45, 7) is 4.29. The highest BCUT2D eigenvalue weighted by Crippen LogP contribution is 2.25. The van der Waals surface area contributed by atoms with Gasteiger partial charge in [-0.3, -0.25) is 0 Å². The number of nitrogens with two attached hydrogens (primary N) is 1. The summed E-state index contributed by atoms with van der Waals surface area (Å²) in [6.07, 6.45) is 3.34. The molecule has 7 heteroatoms. The van der Waals surface area contributed by atoms with E-state index in [1.54, 1.807) is 4.31 Å². The van der Waals surface area contributed by atoms with Gasteiger partial charge in [0, 0.05) is 25.7 Å². The Bertz CT molecular complexity index is 361. The monoisotopic (exact) mass is 312 g/mol. The molecule has 2 fully saturated rings. The quantitative estimate of drug-likeness (QED) is 0.843. The summed E-state index contributed by atoms with van der Waals surface area (Å²) in [6, 6.07) is 0.160. The molecule has 0 spiro atoms. The molecule has 2 atom stereocenters. The van der Waals surface area contributed by atoms with E-state index in [0.717, 1.165) is 25.7 Å². The first-order valence-electron chi connectivity index (χ1n) is 6.84. The lowest BCUT2D eigenvalue weighted by molar-refractivity contribution is 0.0967. The third-order valence-corrected chi connectivity index (χ3v) is 6.44. The molecular formula is C12H25ClN2O3S. The van der Waals surface area contributed by atoms with Crippen LogP contribution >= 0.6 is 12.4 Å². The van der Waals surface area contributed by atoms with Crippen LogP contribution in [-0.2, 0) is 14.8 Å². The minimum Gasteiger partial charge on any atom is -0.380 e. The Morgan fingerprint density at radius 2 is 1.89 bits per heavy atom. The van der Waals surface area contributed by atoms with E-state index in [1.807, 2.05) is 6.92 Å². The molecule has 2 aliphatic rings. The number of hydrogen-bond acceptors (Lipinski definition) is 4. The van der Waals surface area contributed by atoms with Gasteiger partial charge in [0.05, 0.1) is 11.9 Å². The molecule has 2 N–H and O–H groups in total. The minimum absolute atomic E-state index is 0. The molecule has 114 valence electrons. The van der Waals surface area contributed by atoms with Crippen molar-refractivity contribution < 1.29 is 13.2 Å². The molecular weight excluding hydrogens is 288 g/mol. The van der Waals surface area contributed by atoms with Crippen LogP contribution in [0.5, 0.6) is 0 Å². The third-order valence-electron chi connectivity index (χ3n) is 4.14. The SMILES string of the molecule is CC(N)C1CCN(S(=O)(=O)C2CCCOC2)CC1.Cl. The van der Waals surface area contributed by atoms with E-state index in [9.17, 15) is 8.42 Å². The van der Waals surface area contributed by atoms with Crippen LogP contribution in [0.1, 0.15) is 32.6 Å². The van der Waals surface area contributed by atoms with Crippen LogP contribution in [0.15, 0.2) is 0 Å². The first-order chi connectivity index (χ1) is 8.51. The molecule has 0 aromatic rings. The van der Waals surface area contributed by atoms with Gasteiger partial charge in [-0.2, -0.15) is 0 Å². The lowest BCUT2D eigenvalue weighted by Crippen LogP contribution is -2.47.